The van der Waals surface area contributed by atoms with Crippen molar-refractivity contribution in [2.75, 3.05) is 5.75 Å². The van der Waals surface area contributed by atoms with Gasteiger partial charge in [0.1, 0.15) is 0 Å². The Morgan fingerprint density at radius 2 is 1.83 bits per heavy atom. The fraction of sp³-hybridized carbons (Fsp3) is 0.588. The van der Waals surface area contributed by atoms with Crippen LogP contribution in [0.2, 0.25) is 5.21 Å². The van der Waals surface area contributed by atoms with Crippen LogP contribution in [0.1, 0.15) is 56.3 Å². The van der Waals surface area contributed by atoms with Crippen molar-refractivity contribution in [2.45, 2.75) is 61.7 Å². The second kappa shape index (κ2) is 9.00. The van der Waals surface area contributed by atoms with E-state index in [1.807, 2.05) is 13.8 Å². The Morgan fingerprint density at radius 1 is 1.22 bits per heavy atom. The third-order valence-electron chi connectivity index (χ3n) is 3.78. The molecule has 0 aromatic heterocycles. The molecule has 1 rings (SSSR count). The van der Waals surface area contributed by atoms with Gasteiger partial charge in [-0.1, -0.05) is 0 Å². The molecule has 0 radical (unpaired) electrons. The number of benzene rings is 1. The van der Waals surface area contributed by atoms with Crippen LogP contribution in [0, 0.1) is 0 Å². The number of hydrogen-bond acceptors (Lipinski definition) is 4. The second-order valence-electron chi connectivity index (χ2n) is 5.97. The number of hydrogen-bond donors (Lipinski definition) is 1. The van der Waals surface area contributed by atoms with Gasteiger partial charge in [-0.15, -0.1) is 0 Å². The van der Waals surface area contributed by atoms with Crippen LogP contribution < -0.4 is 0 Å². The van der Waals surface area contributed by atoms with E-state index in [1.165, 1.54) is 29.0 Å². The summed E-state index contributed by atoms with van der Waals surface area (Å²) < 4.78 is 25.3. The van der Waals surface area contributed by atoms with Crippen molar-refractivity contribution >= 4 is 32.5 Å². The van der Waals surface area contributed by atoms with Crippen LogP contribution in [0.25, 0.3) is 0 Å². The number of rotatable bonds is 10. The molecule has 1 N–H and O–H groups in total. The molecule has 6 heteroatoms. The van der Waals surface area contributed by atoms with Crippen molar-refractivity contribution in [1.29, 1.82) is 0 Å². The number of aliphatic hydroxyl groups is 1. The van der Waals surface area contributed by atoms with Crippen LogP contribution in [-0.2, 0) is 9.84 Å². The van der Waals surface area contributed by atoms with E-state index >= 15 is 0 Å². The van der Waals surface area contributed by atoms with Crippen molar-refractivity contribution in [1.82, 2.24) is 0 Å². The third kappa shape index (κ3) is 6.05. The predicted octanol–water partition coefficient (Wildman–Crippen LogP) is 2.42. The van der Waals surface area contributed by atoms with Crippen molar-refractivity contribution in [3.63, 3.8) is 0 Å². The number of carbonyl (C=O) groups is 1. The van der Waals surface area contributed by atoms with Crippen LogP contribution in [0.5, 0.6) is 0 Å². The Hall–Kier alpha value is -0.642. The SMILES string of the molecule is CCCC(O)(CCC)CS(=O)(=O)c1cccc(C(=O)CC[AsH2])c1. The van der Waals surface area contributed by atoms with Gasteiger partial charge < -0.3 is 0 Å². The Morgan fingerprint density at radius 3 is 2.35 bits per heavy atom. The molecule has 0 bridgehead atoms. The molecule has 0 spiro atoms. The van der Waals surface area contributed by atoms with Crippen molar-refractivity contribution < 1.29 is 18.3 Å². The average Bonchev–Trinajstić information content (AvgIpc) is 2.47. The van der Waals surface area contributed by atoms with Crippen LogP contribution in [0.3, 0.4) is 0 Å². The summed E-state index contributed by atoms with van der Waals surface area (Å²) >= 11 is 1.48. The molecule has 0 amide bonds. The van der Waals surface area contributed by atoms with Gasteiger partial charge in [0.2, 0.25) is 0 Å². The first kappa shape index (κ1) is 20.4. The number of Topliss-reactive ketones (excluding diaryl/α,β-unsaturated/α-hetero) is 1. The quantitative estimate of drug-likeness (QED) is 0.482. The van der Waals surface area contributed by atoms with E-state index in [4.69, 9.17) is 0 Å². The van der Waals surface area contributed by atoms with E-state index < -0.39 is 15.4 Å². The van der Waals surface area contributed by atoms with Gasteiger partial charge in [-0.3, -0.25) is 0 Å². The third-order valence-corrected chi connectivity index (χ3v) is 6.27. The fourth-order valence-corrected chi connectivity index (χ4v) is 5.08. The van der Waals surface area contributed by atoms with Gasteiger partial charge in [-0.05, 0) is 0 Å². The molecule has 0 saturated heterocycles. The first-order chi connectivity index (χ1) is 10.8. The summed E-state index contributed by atoms with van der Waals surface area (Å²) in [6.07, 6.45) is 2.79. The summed E-state index contributed by atoms with van der Waals surface area (Å²) in [6, 6.07) is 6.19. The maximum absolute atomic E-state index is 12.7. The van der Waals surface area contributed by atoms with Crippen molar-refractivity contribution in [2.24, 2.45) is 0 Å². The fourth-order valence-electron chi connectivity index (χ4n) is 2.78. The van der Waals surface area contributed by atoms with Gasteiger partial charge in [0.25, 0.3) is 0 Å². The zero-order chi connectivity index (χ0) is 17.5. The summed E-state index contributed by atoms with van der Waals surface area (Å²) in [4.78, 5) is 12.1. The first-order valence-electron chi connectivity index (χ1n) is 8.06. The Labute approximate surface area is 148 Å². The van der Waals surface area contributed by atoms with Crippen molar-refractivity contribution in [3.8, 4) is 0 Å². The minimum absolute atomic E-state index is 0.0381. The predicted molar refractivity (Wildman–Crippen MR) is 95.6 cm³/mol. The summed E-state index contributed by atoms with van der Waals surface area (Å²) in [6.45, 7) is 3.86. The average molecular weight is 402 g/mol. The van der Waals surface area contributed by atoms with Gasteiger partial charge in [0.15, 0.2) is 0 Å². The zero-order valence-corrected chi connectivity index (χ0v) is 17.2. The Balaban J connectivity index is 3.08. The topological polar surface area (TPSA) is 71.4 Å². The molecule has 1 aromatic rings. The van der Waals surface area contributed by atoms with E-state index in [9.17, 15) is 18.3 Å². The molecule has 1 unspecified atom stereocenters. The van der Waals surface area contributed by atoms with Gasteiger partial charge in [-0.25, -0.2) is 0 Å². The monoisotopic (exact) mass is 402 g/mol. The molecule has 0 aliphatic heterocycles. The molecular formula is C17H27AsO4S. The zero-order valence-electron chi connectivity index (χ0n) is 13.9. The van der Waals surface area contributed by atoms with Crippen LogP contribution in [-0.4, -0.2) is 47.5 Å². The molecule has 0 saturated carbocycles. The van der Waals surface area contributed by atoms with Gasteiger partial charge in [-0.2, -0.15) is 0 Å². The molecule has 4 nitrogen and oxygen atoms in total. The molecule has 130 valence electrons. The normalized spacial score (nSPS) is 12.3. The van der Waals surface area contributed by atoms with Crippen LogP contribution in [0.15, 0.2) is 29.2 Å². The molecule has 0 heterocycles. The number of sulfone groups is 1. The number of ketones is 1. The minimum atomic E-state index is -3.63. The summed E-state index contributed by atoms with van der Waals surface area (Å²) in [5.74, 6) is -0.334. The van der Waals surface area contributed by atoms with E-state index in [2.05, 4.69) is 0 Å². The summed E-state index contributed by atoms with van der Waals surface area (Å²) in [5.41, 5.74) is -0.771. The van der Waals surface area contributed by atoms with Gasteiger partial charge in [0.05, 0.1) is 0 Å². The van der Waals surface area contributed by atoms with Gasteiger partial charge >= 0.3 is 148 Å². The first-order valence-corrected chi connectivity index (χ1v) is 11.4. The molecular weight excluding hydrogens is 375 g/mol. The van der Waals surface area contributed by atoms with Gasteiger partial charge in [0, 0.05) is 0 Å². The molecule has 23 heavy (non-hydrogen) atoms. The molecule has 0 aliphatic rings. The molecule has 1 atom stereocenters. The second-order valence-corrected chi connectivity index (χ2v) is 9.17. The van der Waals surface area contributed by atoms with E-state index in [0.717, 1.165) is 18.1 Å². The van der Waals surface area contributed by atoms with Crippen molar-refractivity contribution in [3.05, 3.63) is 29.8 Å². The maximum atomic E-state index is 12.7. The molecule has 0 aliphatic carbocycles. The number of carbonyl (C=O) groups excluding carboxylic acids is 1. The Kier molecular flexibility index (Phi) is 7.99. The standard InChI is InChI=1S/C17H27AsO4S/c1-3-9-17(20,10-4-2)13-23(21,22)15-7-5-6-14(12-15)16(19)8-11-18/h5-7,12,20H,3-4,8-11,13,18H2,1-2H3. The van der Waals surface area contributed by atoms with Crippen LogP contribution >= 0.6 is 0 Å². The summed E-state index contributed by atoms with van der Waals surface area (Å²) in [5, 5.41) is 11.4. The Bertz CT molecular complexity index is 619. The van der Waals surface area contributed by atoms with Crippen LogP contribution in [0.4, 0.5) is 0 Å². The molecule has 0 fully saturated rings. The van der Waals surface area contributed by atoms with E-state index in [0.29, 0.717) is 24.8 Å². The summed E-state index contributed by atoms with van der Waals surface area (Å²) in [7, 11) is -3.63. The van der Waals surface area contributed by atoms with E-state index in [-0.39, 0.29) is 16.4 Å². The molecule has 1 aromatic carbocycles. The van der Waals surface area contributed by atoms with E-state index in [1.54, 1.807) is 12.1 Å².